The normalized spacial score (nSPS) is 12.8. The highest BCUT2D eigenvalue weighted by molar-refractivity contribution is 7.89. The van der Waals surface area contributed by atoms with Crippen LogP contribution < -0.4 is 16.0 Å². The molecule has 0 fully saturated rings. The molecule has 2 rings (SSSR count). The van der Waals surface area contributed by atoms with Crippen molar-refractivity contribution in [3.05, 3.63) is 69.0 Å². The van der Waals surface area contributed by atoms with Crippen molar-refractivity contribution in [3.63, 3.8) is 0 Å². The Bertz CT molecular complexity index is 888. The second-order valence-electron chi connectivity index (χ2n) is 5.93. The Balaban J connectivity index is 1.75. The van der Waals surface area contributed by atoms with E-state index >= 15 is 0 Å². The Kier molecular flexibility index (Phi) is 6.72. The molecule has 0 unspecified atom stereocenters. The van der Waals surface area contributed by atoms with Crippen LogP contribution >= 0.6 is 0 Å². The molecule has 25 heavy (non-hydrogen) atoms. The lowest BCUT2D eigenvalue weighted by Gasteiger charge is -2.14. The van der Waals surface area contributed by atoms with Gasteiger partial charge in [0.05, 0.1) is 5.75 Å². The first-order valence-corrected chi connectivity index (χ1v) is 9.87. The molecule has 7 nitrogen and oxygen atoms in total. The van der Waals surface area contributed by atoms with Crippen molar-refractivity contribution >= 4 is 10.0 Å². The number of nitrogens with one attached hydrogen (secondary N) is 2. The largest absolute Gasteiger partial charge is 0.328 e. The van der Waals surface area contributed by atoms with Crippen LogP contribution in [-0.4, -0.2) is 23.7 Å². The first-order valence-electron chi connectivity index (χ1n) is 8.22. The van der Waals surface area contributed by atoms with Gasteiger partial charge in [-0.15, -0.1) is 0 Å². The molecule has 0 amide bonds. The minimum Gasteiger partial charge on any atom is -0.301 e. The van der Waals surface area contributed by atoms with Crippen molar-refractivity contribution in [1.29, 1.82) is 0 Å². The minimum absolute atomic E-state index is 0.0463. The Morgan fingerprint density at radius 1 is 1.08 bits per heavy atom. The molecule has 1 aromatic carbocycles. The third-order valence-electron chi connectivity index (χ3n) is 3.86. The van der Waals surface area contributed by atoms with Crippen LogP contribution in [0, 0.1) is 0 Å². The van der Waals surface area contributed by atoms with Crippen LogP contribution in [-0.2, 0) is 16.6 Å². The van der Waals surface area contributed by atoms with Crippen molar-refractivity contribution in [3.8, 4) is 0 Å². The molecule has 0 saturated carbocycles. The molecule has 1 aromatic heterocycles. The summed E-state index contributed by atoms with van der Waals surface area (Å²) < 4.78 is 28.3. The van der Waals surface area contributed by atoms with Crippen LogP contribution in [0.5, 0.6) is 0 Å². The van der Waals surface area contributed by atoms with Gasteiger partial charge in [0.15, 0.2) is 0 Å². The average Bonchev–Trinajstić information content (AvgIpc) is 2.56. The van der Waals surface area contributed by atoms with Crippen LogP contribution in [0.25, 0.3) is 0 Å². The molecule has 0 aliphatic heterocycles. The van der Waals surface area contributed by atoms with Gasteiger partial charge in [-0.05, 0) is 25.3 Å². The van der Waals surface area contributed by atoms with Crippen LogP contribution in [0.4, 0.5) is 0 Å². The van der Waals surface area contributed by atoms with Gasteiger partial charge in [0, 0.05) is 24.8 Å². The number of aryl methyl sites for hydroxylation is 1. The Morgan fingerprint density at radius 3 is 2.48 bits per heavy atom. The van der Waals surface area contributed by atoms with Crippen LogP contribution in [0.3, 0.4) is 0 Å². The number of aromatic nitrogens is 2. The van der Waals surface area contributed by atoms with Gasteiger partial charge in [-0.1, -0.05) is 36.8 Å². The Hall–Kier alpha value is -2.19. The fraction of sp³-hybridized carbons (Fsp3) is 0.412. The number of aromatic amines is 1. The highest BCUT2D eigenvalue weighted by Crippen LogP contribution is 2.13. The topological polar surface area (TPSA) is 101 Å². The smallest absolute Gasteiger partial charge is 0.301 e. The van der Waals surface area contributed by atoms with Crippen molar-refractivity contribution in [1.82, 2.24) is 14.3 Å². The molecule has 0 spiro atoms. The van der Waals surface area contributed by atoms with E-state index in [4.69, 9.17) is 0 Å². The maximum absolute atomic E-state index is 12.1. The van der Waals surface area contributed by atoms with Gasteiger partial charge in [-0.25, -0.2) is 17.9 Å². The van der Waals surface area contributed by atoms with Gasteiger partial charge in [0.2, 0.25) is 10.0 Å². The molecule has 0 radical (unpaired) electrons. The molecular weight excluding hydrogens is 342 g/mol. The number of H-pyrrole nitrogens is 1. The summed E-state index contributed by atoms with van der Waals surface area (Å²) in [7, 11) is -3.35. The van der Waals surface area contributed by atoms with E-state index in [2.05, 4.69) is 9.71 Å². The molecule has 0 aliphatic rings. The first kappa shape index (κ1) is 19.1. The number of unbranched alkanes of at least 4 members (excludes halogenated alkanes) is 2. The van der Waals surface area contributed by atoms with E-state index in [1.807, 2.05) is 37.3 Å². The first-order chi connectivity index (χ1) is 11.9. The maximum Gasteiger partial charge on any atom is 0.328 e. The molecule has 0 bridgehead atoms. The summed E-state index contributed by atoms with van der Waals surface area (Å²) in [6.07, 6.45) is 3.29. The third-order valence-corrected chi connectivity index (χ3v) is 5.40. The Labute approximate surface area is 146 Å². The Morgan fingerprint density at radius 2 is 1.80 bits per heavy atom. The molecule has 0 aliphatic carbocycles. The lowest BCUT2D eigenvalue weighted by Crippen LogP contribution is -2.29. The lowest BCUT2D eigenvalue weighted by atomic mass is 10.1. The fourth-order valence-corrected chi connectivity index (χ4v) is 3.89. The van der Waals surface area contributed by atoms with E-state index in [0.29, 0.717) is 25.8 Å². The van der Waals surface area contributed by atoms with Crippen molar-refractivity contribution in [2.75, 3.05) is 5.75 Å². The molecule has 1 atom stereocenters. The van der Waals surface area contributed by atoms with E-state index in [1.54, 1.807) is 0 Å². The highest BCUT2D eigenvalue weighted by Gasteiger charge is 2.15. The summed E-state index contributed by atoms with van der Waals surface area (Å²) in [6.45, 7) is 2.26. The van der Waals surface area contributed by atoms with Crippen molar-refractivity contribution in [2.24, 2.45) is 0 Å². The zero-order valence-electron chi connectivity index (χ0n) is 14.1. The molecular formula is C17H23N3O4S. The summed E-state index contributed by atoms with van der Waals surface area (Å²) in [4.78, 5) is 24.7. The van der Waals surface area contributed by atoms with Crippen molar-refractivity contribution < 1.29 is 8.42 Å². The lowest BCUT2D eigenvalue weighted by molar-refractivity contribution is 0.550. The number of hydrogen-bond acceptors (Lipinski definition) is 4. The van der Waals surface area contributed by atoms with E-state index in [0.717, 1.165) is 5.56 Å². The van der Waals surface area contributed by atoms with Crippen LogP contribution in [0.1, 0.15) is 37.8 Å². The zero-order chi connectivity index (χ0) is 18.3. The van der Waals surface area contributed by atoms with E-state index in [9.17, 15) is 18.0 Å². The molecule has 136 valence electrons. The molecule has 2 aromatic rings. The molecule has 2 N–H and O–H groups in total. The highest BCUT2D eigenvalue weighted by atomic mass is 32.2. The summed E-state index contributed by atoms with van der Waals surface area (Å²) in [5, 5.41) is 0. The second-order valence-corrected chi connectivity index (χ2v) is 7.81. The summed E-state index contributed by atoms with van der Waals surface area (Å²) in [5.74, 6) is 0.0463. The van der Waals surface area contributed by atoms with Crippen LogP contribution in [0.2, 0.25) is 0 Å². The van der Waals surface area contributed by atoms with Crippen molar-refractivity contribution in [2.45, 2.75) is 38.8 Å². The number of hydrogen-bond donors (Lipinski definition) is 2. The fourth-order valence-electron chi connectivity index (χ4n) is 2.51. The predicted octanol–water partition coefficient (Wildman–Crippen LogP) is 1.39. The maximum atomic E-state index is 12.1. The van der Waals surface area contributed by atoms with E-state index in [-0.39, 0.29) is 11.8 Å². The zero-order valence-corrected chi connectivity index (χ0v) is 15.0. The van der Waals surface area contributed by atoms with E-state index in [1.165, 1.54) is 16.8 Å². The third kappa shape index (κ3) is 6.32. The van der Waals surface area contributed by atoms with Gasteiger partial charge in [-0.3, -0.25) is 9.78 Å². The number of nitrogens with zero attached hydrogens (tertiary/aromatic N) is 1. The van der Waals surface area contributed by atoms with Gasteiger partial charge < -0.3 is 4.57 Å². The SMILES string of the molecule is C[C@@H](NS(=O)(=O)CCCCCn1ccc(=O)[nH]c1=O)c1ccccc1. The standard InChI is InChI=1S/C17H23N3O4S/c1-14(15-8-4-2-5-9-15)19-25(23,24)13-7-3-6-11-20-12-10-16(21)18-17(20)22/h2,4-5,8-10,12,14,19H,3,6-7,11,13H2,1H3,(H,18,21,22)/t14-/m1/s1. The molecule has 0 saturated heterocycles. The monoisotopic (exact) mass is 365 g/mol. The van der Waals surface area contributed by atoms with Gasteiger partial charge in [0.1, 0.15) is 0 Å². The summed E-state index contributed by atoms with van der Waals surface area (Å²) in [5.41, 5.74) is 0.0490. The summed E-state index contributed by atoms with van der Waals surface area (Å²) >= 11 is 0. The van der Waals surface area contributed by atoms with Gasteiger partial charge in [-0.2, -0.15) is 0 Å². The summed E-state index contributed by atoms with van der Waals surface area (Å²) in [6, 6.07) is 10.4. The molecule has 8 heteroatoms. The van der Waals surface area contributed by atoms with Gasteiger partial charge in [0.25, 0.3) is 5.56 Å². The quantitative estimate of drug-likeness (QED) is 0.656. The average molecular weight is 365 g/mol. The minimum atomic E-state index is -3.35. The molecule has 1 heterocycles. The predicted molar refractivity (Wildman–Crippen MR) is 97.0 cm³/mol. The number of sulfonamides is 1. The second kappa shape index (κ2) is 8.77. The van der Waals surface area contributed by atoms with E-state index < -0.39 is 21.3 Å². The van der Waals surface area contributed by atoms with Gasteiger partial charge >= 0.3 is 5.69 Å². The number of benzene rings is 1. The van der Waals surface area contributed by atoms with Crippen LogP contribution in [0.15, 0.2) is 52.2 Å². The number of rotatable bonds is 9.